The van der Waals surface area contributed by atoms with Crippen LogP contribution in [-0.2, 0) is 14.3 Å². The van der Waals surface area contributed by atoms with Gasteiger partial charge in [-0.15, -0.1) is 0 Å². The first-order chi connectivity index (χ1) is 6.20. The van der Waals surface area contributed by atoms with Crippen molar-refractivity contribution >= 4 is 5.97 Å². The summed E-state index contributed by atoms with van der Waals surface area (Å²) in [5.74, 6) is -0.901. The zero-order valence-corrected chi connectivity index (χ0v) is 8.28. The summed E-state index contributed by atoms with van der Waals surface area (Å²) in [5.41, 5.74) is 0. The zero-order chi connectivity index (χ0) is 10.1. The lowest BCUT2D eigenvalue weighted by Crippen LogP contribution is -2.20. The minimum Gasteiger partial charge on any atom is -0.481 e. The number of hydrogen-bond acceptors (Lipinski definition) is 3. The maximum Gasteiger partial charge on any atom is 0.308 e. The van der Waals surface area contributed by atoms with Crippen LogP contribution in [0.25, 0.3) is 0 Å². The fraction of sp³-hybridized carbons (Fsp3) is 0.889. The summed E-state index contributed by atoms with van der Waals surface area (Å²) in [6.07, 6.45) is 2.48. The van der Waals surface area contributed by atoms with Crippen molar-refractivity contribution in [2.24, 2.45) is 0 Å². The molecule has 0 aliphatic heterocycles. The average molecular weight is 190 g/mol. The quantitative estimate of drug-likeness (QED) is 0.467. The molecule has 0 aromatic heterocycles. The molecule has 0 heterocycles. The van der Waals surface area contributed by atoms with Crippen LogP contribution in [0.3, 0.4) is 0 Å². The van der Waals surface area contributed by atoms with Crippen molar-refractivity contribution in [3.05, 3.63) is 0 Å². The van der Waals surface area contributed by atoms with Gasteiger partial charge in [0, 0.05) is 13.7 Å². The van der Waals surface area contributed by atoms with Crippen LogP contribution >= 0.6 is 0 Å². The summed E-state index contributed by atoms with van der Waals surface area (Å²) >= 11 is 0. The molecule has 0 aromatic carbocycles. The summed E-state index contributed by atoms with van der Waals surface area (Å²) in [6, 6.07) is 0. The van der Waals surface area contributed by atoms with Crippen LogP contribution < -0.4 is 0 Å². The molecule has 1 unspecified atom stereocenters. The van der Waals surface area contributed by atoms with Gasteiger partial charge in [-0.2, -0.15) is 0 Å². The van der Waals surface area contributed by atoms with E-state index in [1.807, 2.05) is 0 Å². The molecule has 1 N–H and O–H groups in total. The van der Waals surface area contributed by atoms with Gasteiger partial charge in [-0.3, -0.25) is 4.79 Å². The molecule has 1 atom stereocenters. The van der Waals surface area contributed by atoms with Crippen LogP contribution in [-0.4, -0.2) is 31.1 Å². The van der Waals surface area contributed by atoms with Gasteiger partial charge in [0.2, 0.25) is 0 Å². The minimum absolute atomic E-state index is 0.0946. The average Bonchev–Trinajstić information content (AvgIpc) is 2.09. The normalized spacial score (nSPS) is 12.8. The second kappa shape index (κ2) is 8.01. The fourth-order valence-corrected chi connectivity index (χ4v) is 0.920. The number of carbonyl (C=O) groups is 1. The number of rotatable bonds is 8. The van der Waals surface area contributed by atoms with E-state index in [4.69, 9.17) is 14.6 Å². The van der Waals surface area contributed by atoms with Crippen LogP contribution in [0.2, 0.25) is 0 Å². The number of methoxy groups -OCH3 is 1. The Morgan fingerprint density at radius 1 is 1.46 bits per heavy atom. The molecule has 0 amide bonds. The molecule has 0 aliphatic rings. The lowest BCUT2D eigenvalue weighted by atomic mass is 10.3. The molecule has 78 valence electrons. The second-order valence-corrected chi connectivity index (χ2v) is 2.84. The number of ether oxygens (including phenoxy) is 2. The summed E-state index contributed by atoms with van der Waals surface area (Å²) < 4.78 is 10.0. The molecule has 0 saturated carbocycles. The number of aliphatic carboxylic acids is 1. The Hall–Kier alpha value is -0.610. The zero-order valence-electron chi connectivity index (χ0n) is 8.28. The Bertz CT molecular complexity index is 136. The van der Waals surface area contributed by atoms with Crippen LogP contribution in [0.4, 0.5) is 0 Å². The fourth-order valence-electron chi connectivity index (χ4n) is 0.920. The first-order valence-electron chi connectivity index (χ1n) is 4.56. The summed E-state index contributed by atoms with van der Waals surface area (Å²) in [6.45, 7) is 2.67. The minimum atomic E-state index is -0.901. The highest BCUT2D eigenvalue weighted by molar-refractivity contribution is 5.67. The largest absolute Gasteiger partial charge is 0.481 e. The van der Waals surface area contributed by atoms with Gasteiger partial charge in [0.15, 0.2) is 6.29 Å². The van der Waals surface area contributed by atoms with Gasteiger partial charge in [-0.25, -0.2) is 0 Å². The number of carboxylic acid groups (broad SMARTS) is 1. The maximum atomic E-state index is 10.3. The highest BCUT2D eigenvalue weighted by Crippen LogP contribution is 2.02. The highest BCUT2D eigenvalue weighted by Gasteiger charge is 2.11. The van der Waals surface area contributed by atoms with E-state index in [0.29, 0.717) is 6.61 Å². The van der Waals surface area contributed by atoms with Crippen molar-refractivity contribution in [3.8, 4) is 0 Å². The number of unbranched alkanes of at least 4 members (excludes halogenated alkanes) is 2. The maximum absolute atomic E-state index is 10.3. The van der Waals surface area contributed by atoms with Crippen LogP contribution in [0, 0.1) is 0 Å². The third-order valence-corrected chi connectivity index (χ3v) is 1.66. The molecular weight excluding hydrogens is 172 g/mol. The molecule has 0 saturated heterocycles. The van der Waals surface area contributed by atoms with E-state index >= 15 is 0 Å². The molecule has 0 spiro atoms. The van der Waals surface area contributed by atoms with Crippen molar-refractivity contribution in [3.63, 3.8) is 0 Å². The van der Waals surface area contributed by atoms with Crippen molar-refractivity contribution in [1.82, 2.24) is 0 Å². The smallest absolute Gasteiger partial charge is 0.308 e. The van der Waals surface area contributed by atoms with Crippen LogP contribution in [0.5, 0.6) is 0 Å². The lowest BCUT2D eigenvalue weighted by molar-refractivity contribution is -0.159. The standard InChI is InChI=1S/C9H18O4/c1-3-4-5-6-13-9(12-2)7-8(10)11/h9H,3-7H2,1-2H3,(H,10,11). The Morgan fingerprint density at radius 2 is 2.15 bits per heavy atom. The van der Waals surface area contributed by atoms with Crippen molar-refractivity contribution < 1.29 is 19.4 Å². The third-order valence-electron chi connectivity index (χ3n) is 1.66. The van der Waals surface area contributed by atoms with E-state index in [9.17, 15) is 4.79 Å². The highest BCUT2D eigenvalue weighted by atomic mass is 16.7. The van der Waals surface area contributed by atoms with E-state index in [0.717, 1.165) is 19.3 Å². The molecular formula is C9H18O4. The molecule has 13 heavy (non-hydrogen) atoms. The first-order valence-corrected chi connectivity index (χ1v) is 4.56. The Labute approximate surface area is 78.8 Å². The van der Waals surface area contributed by atoms with Gasteiger partial charge in [0.1, 0.15) is 0 Å². The van der Waals surface area contributed by atoms with Gasteiger partial charge in [0.25, 0.3) is 0 Å². The van der Waals surface area contributed by atoms with Gasteiger partial charge >= 0.3 is 5.97 Å². The van der Waals surface area contributed by atoms with Crippen LogP contribution in [0.15, 0.2) is 0 Å². The molecule has 0 aromatic rings. The molecule has 0 rings (SSSR count). The number of hydrogen-bond donors (Lipinski definition) is 1. The summed E-state index contributed by atoms with van der Waals surface area (Å²) in [4.78, 5) is 10.3. The Balaban J connectivity index is 3.42. The number of carboxylic acids is 1. The van der Waals surface area contributed by atoms with Gasteiger partial charge in [-0.1, -0.05) is 19.8 Å². The molecule has 0 aliphatic carbocycles. The van der Waals surface area contributed by atoms with Crippen LogP contribution in [0.1, 0.15) is 32.6 Å². The molecule has 0 fully saturated rings. The Morgan fingerprint density at radius 3 is 2.62 bits per heavy atom. The SMILES string of the molecule is CCCCCOC(CC(=O)O)OC. The van der Waals surface area contributed by atoms with E-state index in [1.165, 1.54) is 7.11 Å². The summed E-state index contributed by atoms with van der Waals surface area (Å²) in [5, 5.41) is 8.46. The predicted octanol–water partition coefficient (Wildman–Crippen LogP) is 1.64. The van der Waals surface area contributed by atoms with E-state index in [2.05, 4.69) is 6.92 Å². The molecule has 4 heteroatoms. The van der Waals surface area contributed by atoms with Gasteiger partial charge in [-0.05, 0) is 6.42 Å². The second-order valence-electron chi connectivity index (χ2n) is 2.84. The topological polar surface area (TPSA) is 55.8 Å². The monoisotopic (exact) mass is 190 g/mol. The van der Waals surface area contributed by atoms with Crippen molar-refractivity contribution in [2.45, 2.75) is 38.9 Å². The first kappa shape index (κ1) is 12.4. The molecule has 0 radical (unpaired) electrons. The lowest BCUT2D eigenvalue weighted by Gasteiger charge is -2.13. The molecule has 0 bridgehead atoms. The Kier molecular flexibility index (Phi) is 7.63. The van der Waals surface area contributed by atoms with E-state index in [1.54, 1.807) is 0 Å². The predicted molar refractivity (Wildman–Crippen MR) is 48.5 cm³/mol. The molecule has 4 nitrogen and oxygen atoms in total. The summed E-state index contributed by atoms with van der Waals surface area (Å²) in [7, 11) is 1.45. The van der Waals surface area contributed by atoms with Gasteiger partial charge in [0.05, 0.1) is 6.42 Å². The van der Waals surface area contributed by atoms with Gasteiger partial charge < -0.3 is 14.6 Å². The van der Waals surface area contributed by atoms with E-state index in [-0.39, 0.29) is 6.42 Å². The van der Waals surface area contributed by atoms with E-state index < -0.39 is 12.3 Å². The van der Waals surface area contributed by atoms with Crippen molar-refractivity contribution in [2.75, 3.05) is 13.7 Å². The third kappa shape index (κ3) is 7.74. The van der Waals surface area contributed by atoms with Crippen molar-refractivity contribution in [1.29, 1.82) is 0 Å².